The van der Waals surface area contributed by atoms with Crippen molar-refractivity contribution in [3.05, 3.63) is 76.8 Å². The Morgan fingerprint density at radius 1 is 0.938 bits per heavy atom. The van der Waals surface area contributed by atoms with Crippen molar-refractivity contribution in [3.8, 4) is 34.1 Å². The number of nitrogens with zero attached hydrogens (tertiary/aromatic N) is 1. The lowest BCUT2D eigenvalue weighted by atomic mass is 9.97. The third kappa shape index (κ3) is 5.35. The van der Waals surface area contributed by atoms with Crippen molar-refractivity contribution >= 4 is 23.5 Å². The smallest absolute Gasteiger partial charge is 0.337 e. The molecule has 0 unspecified atom stereocenters. The summed E-state index contributed by atoms with van der Waals surface area (Å²) in [5, 5.41) is 18.4. The van der Waals surface area contributed by atoms with Gasteiger partial charge in [-0.2, -0.15) is 5.26 Å². The first kappa shape index (κ1) is 23.1. The van der Waals surface area contributed by atoms with E-state index in [0.29, 0.717) is 16.7 Å². The molecule has 0 spiro atoms. The van der Waals surface area contributed by atoms with Crippen LogP contribution < -0.4 is 4.74 Å². The Hall–Kier alpha value is -3.62. The van der Waals surface area contributed by atoms with Crippen LogP contribution in [-0.2, 0) is 4.79 Å². The maximum atomic E-state index is 12.3. The van der Waals surface area contributed by atoms with Gasteiger partial charge in [-0.05, 0) is 47.4 Å². The molecular formula is C26H22ClNO4. The van der Waals surface area contributed by atoms with Crippen molar-refractivity contribution in [2.24, 2.45) is 0 Å². The molecule has 0 aromatic heterocycles. The summed E-state index contributed by atoms with van der Waals surface area (Å²) in [5.41, 5.74) is 3.36. The number of esters is 1. The molecule has 3 rings (SSSR count). The normalized spacial score (nSPS) is 10.4. The molecule has 3 aromatic carbocycles. The molecule has 0 aliphatic rings. The van der Waals surface area contributed by atoms with E-state index in [4.69, 9.17) is 21.6 Å². The van der Waals surface area contributed by atoms with Gasteiger partial charge in [0.2, 0.25) is 0 Å². The fraction of sp³-hybridized carbons (Fsp3) is 0.192. The lowest BCUT2D eigenvalue weighted by molar-refractivity contribution is -0.134. The van der Waals surface area contributed by atoms with Crippen LogP contribution >= 0.6 is 11.6 Å². The summed E-state index contributed by atoms with van der Waals surface area (Å²) in [4.78, 5) is 23.9. The van der Waals surface area contributed by atoms with Gasteiger partial charge in [0.1, 0.15) is 5.75 Å². The summed E-state index contributed by atoms with van der Waals surface area (Å²) in [5.74, 6) is -1.31. The Bertz CT molecular complexity index is 1160. The predicted molar refractivity (Wildman–Crippen MR) is 124 cm³/mol. The van der Waals surface area contributed by atoms with Crippen molar-refractivity contribution in [3.63, 3.8) is 0 Å². The number of carbonyl (C=O) groups is 2. The van der Waals surface area contributed by atoms with Gasteiger partial charge in [0.25, 0.3) is 0 Å². The van der Waals surface area contributed by atoms with Gasteiger partial charge in [-0.1, -0.05) is 67.8 Å². The second-order valence-electron chi connectivity index (χ2n) is 7.30. The number of nitriles is 1. The summed E-state index contributed by atoms with van der Waals surface area (Å²) in [6.07, 6.45) is 2.93. The average molecular weight is 448 g/mol. The molecule has 1 N–H and O–H groups in total. The fourth-order valence-corrected chi connectivity index (χ4v) is 3.68. The van der Waals surface area contributed by atoms with Crippen molar-refractivity contribution in [2.75, 3.05) is 0 Å². The van der Waals surface area contributed by atoms with Gasteiger partial charge < -0.3 is 9.84 Å². The summed E-state index contributed by atoms with van der Waals surface area (Å²) in [6.45, 7) is 2.05. The number of aromatic carboxylic acids is 1. The SMILES string of the molecule is CCCCCC(=O)Oc1ccc(C(=O)O)c(Cl)c1-c1ccc(-c2ccc(C#N)cc2)cc1. The number of hydrogen-bond acceptors (Lipinski definition) is 4. The molecule has 0 atom stereocenters. The number of unbranched alkanes of at least 4 members (excludes halogenated alkanes) is 2. The summed E-state index contributed by atoms with van der Waals surface area (Å²) >= 11 is 6.44. The number of hydrogen-bond donors (Lipinski definition) is 1. The number of halogens is 1. The van der Waals surface area contributed by atoms with Gasteiger partial charge in [-0.25, -0.2) is 4.79 Å². The zero-order valence-corrected chi connectivity index (χ0v) is 18.4. The zero-order chi connectivity index (χ0) is 23.1. The van der Waals surface area contributed by atoms with E-state index >= 15 is 0 Å². The molecule has 0 radical (unpaired) electrons. The first-order chi connectivity index (χ1) is 15.4. The molecule has 0 bridgehead atoms. The van der Waals surface area contributed by atoms with Crippen LogP contribution in [0.15, 0.2) is 60.7 Å². The largest absolute Gasteiger partial charge is 0.478 e. The van der Waals surface area contributed by atoms with Gasteiger partial charge in [0.05, 0.1) is 22.2 Å². The van der Waals surface area contributed by atoms with Crippen LogP contribution in [0.1, 0.15) is 48.5 Å². The van der Waals surface area contributed by atoms with Gasteiger partial charge in [-0.15, -0.1) is 0 Å². The van der Waals surface area contributed by atoms with Crippen LogP contribution in [-0.4, -0.2) is 17.0 Å². The molecule has 0 saturated carbocycles. The van der Waals surface area contributed by atoms with Gasteiger partial charge >= 0.3 is 11.9 Å². The second kappa shape index (κ2) is 10.6. The molecule has 6 heteroatoms. The molecule has 0 fully saturated rings. The Kier molecular flexibility index (Phi) is 7.64. The Balaban J connectivity index is 1.96. The summed E-state index contributed by atoms with van der Waals surface area (Å²) < 4.78 is 5.56. The third-order valence-electron chi connectivity index (χ3n) is 5.06. The van der Waals surface area contributed by atoms with Crippen LogP contribution in [0.5, 0.6) is 5.75 Å². The van der Waals surface area contributed by atoms with Crippen LogP contribution in [0.25, 0.3) is 22.3 Å². The molecule has 0 aliphatic heterocycles. The molecule has 0 aliphatic carbocycles. The van der Waals surface area contributed by atoms with Crippen LogP contribution in [0.3, 0.4) is 0 Å². The Morgan fingerprint density at radius 2 is 1.53 bits per heavy atom. The number of carboxylic acids is 1. The van der Waals surface area contributed by atoms with Crippen molar-refractivity contribution in [1.82, 2.24) is 0 Å². The molecule has 0 amide bonds. The van der Waals surface area contributed by atoms with E-state index in [9.17, 15) is 14.7 Å². The highest BCUT2D eigenvalue weighted by atomic mass is 35.5. The molecule has 5 nitrogen and oxygen atoms in total. The maximum absolute atomic E-state index is 12.3. The van der Waals surface area contributed by atoms with Crippen molar-refractivity contribution in [1.29, 1.82) is 5.26 Å². The van der Waals surface area contributed by atoms with Crippen LogP contribution in [0, 0.1) is 11.3 Å². The minimum atomic E-state index is -1.16. The standard InChI is InChI=1S/C26H22ClNO4/c1-2-3-4-5-23(29)32-22-15-14-21(26(30)31)25(27)24(22)20-12-10-19(11-13-20)18-8-6-17(16-28)7-9-18/h6-15H,2-5H2,1H3,(H,30,31). The van der Waals surface area contributed by atoms with Crippen LogP contribution in [0.2, 0.25) is 5.02 Å². The Labute approximate surface area is 191 Å². The van der Waals surface area contributed by atoms with Gasteiger partial charge in [0, 0.05) is 12.0 Å². The number of carbonyl (C=O) groups excluding carboxylic acids is 1. The first-order valence-electron chi connectivity index (χ1n) is 10.3. The zero-order valence-electron chi connectivity index (χ0n) is 17.6. The predicted octanol–water partition coefficient (Wildman–Crippen LogP) is 6.73. The van der Waals surface area contributed by atoms with E-state index in [1.807, 2.05) is 24.3 Å². The highest BCUT2D eigenvalue weighted by molar-refractivity contribution is 6.36. The molecule has 3 aromatic rings. The van der Waals surface area contributed by atoms with E-state index in [1.165, 1.54) is 12.1 Å². The molecule has 32 heavy (non-hydrogen) atoms. The van der Waals surface area contributed by atoms with E-state index in [-0.39, 0.29) is 28.7 Å². The lowest BCUT2D eigenvalue weighted by Gasteiger charge is -2.14. The average Bonchev–Trinajstić information content (AvgIpc) is 2.79. The summed E-state index contributed by atoms with van der Waals surface area (Å²) in [7, 11) is 0. The molecule has 0 heterocycles. The van der Waals surface area contributed by atoms with E-state index in [0.717, 1.165) is 30.4 Å². The van der Waals surface area contributed by atoms with Crippen LogP contribution in [0.4, 0.5) is 0 Å². The first-order valence-corrected chi connectivity index (χ1v) is 10.7. The molecular weight excluding hydrogens is 426 g/mol. The minimum absolute atomic E-state index is 0.0162. The second-order valence-corrected chi connectivity index (χ2v) is 7.68. The fourth-order valence-electron chi connectivity index (χ4n) is 3.34. The minimum Gasteiger partial charge on any atom is -0.478 e. The lowest BCUT2D eigenvalue weighted by Crippen LogP contribution is -2.09. The number of rotatable bonds is 8. The number of benzene rings is 3. The third-order valence-corrected chi connectivity index (χ3v) is 5.46. The van der Waals surface area contributed by atoms with Crippen molar-refractivity contribution < 1.29 is 19.4 Å². The van der Waals surface area contributed by atoms with Gasteiger partial charge in [0.15, 0.2) is 0 Å². The number of carboxylic acid groups (broad SMARTS) is 1. The number of ether oxygens (including phenoxy) is 1. The highest BCUT2D eigenvalue weighted by Gasteiger charge is 2.20. The quantitative estimate of drug-likeness (QED) is 0.235. The van der Waals surface area contributed by atoms with E-state index in [1.54, 1.807) is 24.3 Å². The monoisotopic (exact) mass is 447 g/mol. The Morgan fingerprint density at radius 3 is 2.09 bits per heavy atom. The van der Waals surface area contributed by atoms with E-state index in [2.05, 4.69) is 13.0 Å². The molecule has 0 saturated heterocycles. The highest BCUT2D eigenvalue weighted by Crippen LogP contribution is 2.40. The van der Waals surface area contributed by atoms with Gasteiger partial charge in [-0.3, -0.25) is 4.79 Å². The molecule has 162 valence electrons. The van der Waals surface area contributed by atoms with Crippen molar-refractivity contribution in [2.45, 2.75) is 32.6 Å². The van der Waals surface area contributed by atoms with E-state index < -0.39 is 5.97 Å². The summed E-state index contributed by atoms with van der Waals surface area (Å²) in [6, 6.07) is 19.4. The maximum Gasteiger partial charge on any atom is 0.337 e. The topological polar surface area (TPSA) is 87.4 Å².